The van der Waals surface area contributed by atoms with Gasteiger partial charge in [-0.05, 0) is 50.5 Å². The van der Waals surface area contributed by atoms with E-state index in [0.29, 0.717) is 0 Å². The standard InChI is InChI=1S/C12H15N3O/c16-15-11-7-3-6-10-12(11)8-4-1-2-5-9(8)13-14-10/h16H,1-7H2/b15-11+. The van der Waals surface area contributed by atoms with E-state index in [-0.39, 0.29) is 0 Å². The molecule has 0 aromatic carbocycles. The van der Waals surface area contributed by atoms with Crippen LogP contribution in [-0.2, 0) is 19.3 Å². The SMILES string of the molecule is O/N=C1\CCCc2nnc3c(c21)CCCC3. The minimum atomic E-state index is 0.814. The summed E-state index contributed by atoms with van der Waals surface area (Å²) in [5.41, 5.74) is 5.37. The summed E-state index contributed by atoms with van der Waals surface area (Å²) < 4.78 is 0. The molecule has 0 fully saturated rings. The second kappa shape index (κ2) is 3.85. The van der Waals surface area contributed by atoms with E-state index in [1.54, 1.807) is 0 Å². The molecule has 0 radical (unpaired) electrons. The third-order valence-electron chi connectivity index (χ3n) is 3.56. The number of fused-ring (bicyclic) bond motifs is 3. The minimum absolute atomic E-state index is 0.814. The molecule has 2 aliphatic rings. The van der Waals surface area contributed by atoms with Gasteiger partial charge in [-0.1, -0.05) is 5.16 Å². The van der Waals surface area contributed by atoms with Crippen molar-refractivity contribution in [2.24, 2.45) is 5.16 Å². The topological polar surface area (TPSA) is 58.4 Å². The molecule has 0 atom stereocenters. The van der Waals surface area contributed by atoms with E-state index in [4.69, 9.17) is 5.21 Å². The molecule has 0 amide bonds. The van der Waals surface area contributed by atoms with E-state index < -0.39 is 0 Å². The summed E-state index contributed by atoms with van der Waals surface area (Å²) in [7, 11) is 0. The summed E-state index contributed by atoms with van der Waals surface area (Å²) in [6.45, 7) is 0. The van der Waals surface area contributed by atoms with E-state index in [1.807, 2.05) is 0 Å². The summed E-state index contributed by atoms with van der Waals surface area (Å²) >= 11 is 0. The Balaban J connectivity index is 2.20. The number of aryl methyl sites for hydroxylation is 2. The number of nitrogens with zero attached hydrogens (tertiary/aromatic N) is 3. The van der Waals surface area contributed by atoms with Crippen LogP contribution in [-0.4, -0.2) is 21.1 Å². The summed E-state index contributed by atoms with van der Waals surface area (Å²) in [5, 5.41) is 21.1. The molecule has 1 aromatic heterocycles. The predicted octanol–water partition coefficient (Wildman–Crippen LogP) is 1.87. The maximum atomic E-state index is 9.08. The van der Waals surface area contributed by atoms with Gasteiger partial charge in [0, 0.05) is 5.56 Å². The molecule has 1 heterocycles. The fourth-order valence-electron chi connectivity index (χ4n) is 2.78. The smallest absolute Gasteiger partial charge is 0.0890 e. The van der Waals surface area contributed by atoms with Crippen molar-refractivity contribution in [3.05, 3.63) is 22.5 Å². The number of rotatable bonds is 0. The van der Waals surface area contributed by atoms with Gasteiger partial charge in [0.25, 0.3) is 0 Å². The van der Waals surface area contributed by atoms with Crippen molar-refractivity contribution < 1.29 is 5.21 Å². The van der Waals surface area contributed by atoms with Gasteiger partial charge in [0.05, 0.1) is 17.1 Å². The molecule has 2 aliphatic carbocycles. The molecule has 4 heteroatoms. The zero-order valence-electron chi connectivity index (χ0n) is 9.24. The lowest BCUT2D eigenvalue weighted by Gasteiger charge is -2.23. The first kappa shape index (κ1) is 9.75. The highest BCUT2D eigenvalue weighted by Crippen LogP contribution is 2.29. The molecule has 84 valence electrons. The highest BCUT2D eigenvalue weighted by Gasteiger charge is 2.25. The van der Waals surface area contributed by atoms with Crippen LogP contribution in [0.4, 0.5) is 0 Å². The lowest BCUT2D eigenvalue weighted by molar-refractivity contribution is 0.317. The first-order valence-electron chi connectivity index (χ1n) is 5.99. The molecular weight excluding hydrogens is 202 g/mol. The van der Waals surface area contributed by atoms with Gasteiger partial charge in [0.15, 0.2) is 0 Å². The Morgan fingerprint density at radius 1 is 0.875 bits per heavy atom. The van der Waals surface area contributed by atoms with Crippen molar-refractivity contribution in [2.45, 2.75) is 44.9 Å². The summed E-state index contributed by atoms with van der Waals surface area (Å²) in [5.74, 6) is 0. The second-order valence-corrected chi connectivity index (χ2v) is 4.55. The van der Waals surface area contributed by atoms with Crippen molar-refractivity contribution in [1.29, 1.82) is 0 Å². The molecule has 0 unspecified atom stereocenters. The minimum Gasteiger partial charge on any atom is -0.411 e. The van der Waals surface area contributed by atoms with Gasteiger partial charge in [-0.15, -0.1) is 0 Å². The van der Waals surface area contributed by atoms with E-state index in [1.165, 1.54) is 18.4 Å². The van der Waals surface area contributed by atoms with Crippen LogP contribution >= 0.6 is 0 Å². The average Bonchev–Trinajstić information content (AvgIpc) is 2.37. The van der Waals surface area contributed by atoms with Gasteiger partial charge < -0.3 is 5.21 Å². The monoisotopic (exact) mass is 217 g/mol. The molecule has 3 rings (SSSR count). The van der Waals surface area contributed by atoms with E-state index in [0.717, 1.165) is 54.8 Å². The van der Waals surface area contributed by atoms with Crippen molar-refractivity contribution >= 4 is 5.71 Å². The molecule has 1 aromatic rings. The Labute approximate surface area is 94.4 Å². The Bertz CT molecular complexity index is 454. The highest BCUT2D eigenvalue weighted by atomic mass is 16.4. The summed E-state index contributed by atoms with van der Waals surface area (Å²) in [6, 6.07) is 0. The summed E-state index contributed by atoms with van der Waals surface area (Å²) in [4.78, 5) is 0. The normalized spacial score (nSPS) is 21.6. The van der Waals surface area contributed by atoms with Crippen LogP contribution in [0, 0.1) is 0 Å². The molecule has 16 heavy (non-hydrogen) atoms. The third-order valence-corrected chi connectivity index (χ3v) is 3.56. The maximum Gasteiger partial charge on any atom is 0.0890 e. The van der Waals surface area contributed by atoms with Crippen LogP contribution in [0.2, 0.25) is 0 Å². The summed E-state index contributed by atoms with van der Waals surface area (Å²) in [6.07, 6.45) is 7.34. The van der Waals surface area contributed by atoms with Crippen LogP contribution in [0.3, 0.4) is 0 Å². The number of hydrogen-bond acceptors (Lipinski definition) is 4. The van der Waals surface area contributed by atoms with E-state index in [2.05, 4.69) is 15.4 Å². The number of aromatic nitrogens is 2. The van der Waals surface area contributed by atoms with Gasteiger partial charge in [-0.3, -0.25) is 0 Å². The van der Waals surface area contributed by atoms with E-state index in [9.17, 15) is 0 Å². The Hall–Kier alpha value is -1.45. The highest BCUT2D eigenvalue weighted by molar-refractivity contribution is 6.03. The number of hydrogen-bond donors (Lipinski definition) is 1. The number of oxime groups is 1. The van der Waals surface area contributed by atoms with Gasteiger partial charge in [0.1, 0.15) is 0 Å². The zero-order valence-corrected chi connectivity index (χ0v) is 9.24. The fourth-order valence-corrected chi connectivity index (χ4v) is 2.78. The first-order chi connectivity index (χ1) is 7.90. The van der Waals surface area contributed by atoms with Gasteiger partial charge in [-0.2, -0.15) is 10.2 Å². The van der Waals surface area contributed by atoms with Crippen LogP contribution in [0.15, 0.2) is 5.16 Å². The van der Waals surface area contributed by atoms with Gasteiger partial charge in [0.2, 0.25) is 0 Å². The lowest BCUT2D eigenvalue weighted by Crippen LogP contribution is -2.21. The van der Waals surface area contributed by atoms with Crippen molar-refractivity contribution in [2.75, 3.05) is 0 Å². The van der Waals surface area contributed by atoms with Crippen molar-refractivity contribution in [3.8, 4) is 0 Å². The van der Waals surface area contributed by atoms with E-state index >= 15 is 0 Å². The molecular formula is C12H15N3O. The molecule has 0 aliphatic heterocycles. The quantitative estimate of drug-likeness (QED) is 0.533. The van der Waals surface area contributed by atoms with Crippen LogP contribution in [0.1, 0.15) is 48.2 Å². The van der Waals surface area contributed by atoms with Gasteiger partial charge in [-0.25, -0.2) is 0 Å². The Morgan fingerprint density at radius 2 is 1.62 bits per heavy atom. The van der Waals surface area contributed by atoms with Crippen molar-refractivity contribution in [1.82, 2.24) is 10.2 Å². The predicted molar refractivity (Wildman–Crippen MR) is 59.9 cm³/mol. The second-order valence-electron chi connectivity index (χ2n) is 4.55. The zero-order chi connectivity index (χ0) is 11.0. The van der Waals surface area contributed by atoms with Crippen LogP contribution in [0.25, 0.3) is 0 Å². The van der Waals surface area contributed by atoms with Crippen LogP contribution < -0.4 is 0 Å². The molecule has 4 nitrogen and oxygen atoms in total. The van der Waals surface area contributed by atoms with Gasteiger partial charge >= 0.3 is 0 Å². The fraction of sp³-hybridized carbons (Fsp3) is 0.583. The molecule has 0 bridgehead atoms. The van der Waals surface area contributed by atoms with Crippen LogP contribution in [0.5, 0.6) is 0 Å². The molecule has 0 spiro atoms. The molecule has 0 saturated heterocycles. The molecule has 0 saturated carbocycles. The Kier molecular flexibility index (Phi) is 2.35. The van der Waals surface area contributed by atoms with Crippen molar-refractivity contribution in [3.63, 3.8) is 0 Å². The third kappa shape index (κ3) is 1.40. The maximum absolute atomic E-state index is 9.08. The largest absolute Gasteiger partial charge is 0.411 e. The first-order valence-corrected chi connectivity index (χ1v) is 5.99. The average molecular weight is 217 g/mol. The lowest BCUT2D eigenvalue weighted by atomic mass is 9.85. The Morgan fingerprint density at radius 3 is 2.50 bits per heavy atom. The molecule has 1 N–H and O–H groups in total.